The van der Waals surface area contributed by atoms with Crippen molar-refractivity contribution in [3.63, 3.8) is 0 Å². The van der Waals surface area contributed by atoms with Crippen LogP contribution >= 0.6 is 27.5 Å². The number of rotatable bonds is 10. The van der Waals surface area contributed by atoms with Crippen LogP contribution in [0.4, 0.5) is 15.9 Å². The second kappa shape index (κ2) is 11.1. The average molecular weight is 545 g/mol. The van der Waals surface area contributed by atoms with Crippen molar-refractivity contribution >= 4 is 50.9 Å². The zero-order valence-corrected chi connectivity index (χ0v) is 20.2. The Morgan fingerprint density at radius 2 is 2.12 bits per heavy atom. The van der Waals surface area contributed by atoms with Crippen molar-refractivity contribution in [2.45, 2.75) is 25.1 Å². The lowest BCUT2D eigenvalue weighted by Crippen LogP contribution is -2.23. The highest BCUT2D eigenvalue weighted by atomic mass is 79.9. The van der Waals surface area contributed by atoms with E-state index in [1.54, 1.807) is 18.2 Å². The van der Waals surface area contributed by atoms with Crippen LogP contribution in [0.3, 0.4) is 0 Å². The molecule has 2 N–H and O–H groups in total. The quantitative estimate of drug-likeness (QED) is 0.331. The maximum absolute atomic E-state index is 13.3. The Balaban J connectivity index is 1.54. The molecule has 11 heteroatoms. The van der Waals surface area contributed by atoms with Crippen molar-refractivity contribution in [1.29, 1.82) is 0 Å². The summed E-state index contributed by atoms with van der Waals surface area (Å²) in [5.41, 5.74) is 0.878. The summed E-state index contributed by atoms with van der Waals surface area (Å²) in [5.74, 6) is 0.0371. The molecule has 0 spiro atoms. The number of nitrogens with one attached hydrogen (secondary N) is 1. The molecule has 1 aromatic heterocycles. The van der Waals surface area contributed by atoms with E-state index in [4.69, 9.17) is 26.2 Å². The third-order valence-electron chi connectivity index (χ3n) is 4.89. The highest BCUT2D eigenvalue weighted by molar-refractivity contribution is 9.10. The number of hydrogen-bond donors (Lipinski definition) is 2. The predicted molar refractivity (Wildman–Crippen MR) is 126 cm³/mol. The fourth-order valence-electron chi connectivity index (χ4n) is 3.37. The van der Waals surface area contributed by atoms with Gasteiger partial charge in [-0.3, -0.25) is 9.59 Å². The highest BCUT2D eigenvalue weighted by Crippen LogP contribution is 2.30. The molecular weight excluding hydrogens is 521 g/mol. The van der Waals surface area contributed by atoms with Crippen molar-refractivity contribution < 1.29 is 28.6 Å². The Kier molecular flexibility index (Phi) is 8.50. The molecule has 1 aliphatic heterocycles. The molecule has 1 fully saturated rings. The summed E-state index contributed by atoms with van der Waals surface area (Å²) in [6, 6.07) is 7.86. The van der Waals surface area contributed by atoms with Crippen LogP contribution in [0.1, 0.15) is 30.1 Å². The van der Waals surface area contributed by atoms with Gasteiger partial charge in [0.25, 0.3) is 5.91 Å². The van der Waals surface area contributed by atoms with E-state index in [-0.39, 0.29) is 30.6 Å². The lowest BCUT2D eigenvalue weighted by Gasteiger charge is -2.19. The third kappa shape index (κ3) is 7.83. The Hall–Kier alpha value is -2.43. The van der Waals surface area contributed by atoms with Gasteiger partial charge in [-0.15, -0.1) is 0 Å². The molecule has 2 atom stereocenters. The van der Waals surface area contributed by atoms with Crippen molar-refractivity contribution in [3.05, 3.63) is 46.6 Å². The molecule has 2 unspecified atom stereocenters. The summed E-state index contributed by atoms with van der Waals surface area (Å²) in [6.45, 7) is 3.31. The number of carbonyl (C=O) groups is 2. The molecule has 178 valence electrons. The number of aliphatic carboxylic acids is 1. The molecule has 0 saturated carbocycles. The van der Waals surface area contributed by atoms with Gasteiger partial charge < -0.3 is 24.8 Å². The number of halogens is 3. The number of hydrogen-bond acceptors (Lipinski definition) is 6. The van der Waals surface area contributed by atoms with Gasteiger partial charge in [0.05, 0.1) is 29.7 Å². The number of pyridine rings is 1. The number of benzene rings is 1. The van der Waals surface area contributed by atoms with E-state index in [0.29, 0.717) is 22.3 Å². The molecule has 8 nitrogen and oxygen atoms in total. The minimum absolute atomic E-state index is 0.00450. The fourth-order valence-corrected chi connectivity index (χ4v) is 4.06. The van der Waals surface area contributed by atoms with E-state index in [2.05, 4.69) is 31.1 Å². The summed E-state index contributed by atoms with van der Waals surface area (Å²) < 4.78 is 24.4. The highest BCUT2D eigenvalue weighted by Gasteiger charge is 2.26. The first kappa shape index (κ1) is 25.2. The number of alkyl halides is 2. The first-order chi connectivity index (χ1) is 15.6. The lowest BCUT2D eigenvalue weighted by molar-refractivity contribution is -0.138. The van der Waals surface area contributed by atoms with Crippen LogP contribution in [0, 0.1) is 5.92 Å². The summed E-state index contributed by atoms with van der Waals surface area (Å²) in [7, 11) is 0. The number of ether oxygens (including phenoxy) is 2. The maximum Gasteiger partial charge on any atom is 0.324 e. The van der Waals surface area contributed by atoms with E-state index < -0.39 is 11.3 Å². The third-order valence-corrected chi connectivity index (χ3v) is 5.55. The van der Waals surface area contributed by atoms with Crippen LogP contribution in [0.5, 0.6) is 5.75 Å². The van der Waals surface area contributed by atoms with Crippen LogP contribution < -0.4 is 15.0 Å². The molecular formula is C22H24BrClFN3O5. The van der Waals surface area contributed by atoms with Gasteiger partial charge in [0.2, 0.25) is 0 Å². The molecule has 3 rings (SSSR count). The zero-order chi connectivity index (χ0) is 24.0. The van der Waals surface area contributed by atoms with Gasteiger partial charge in [-0.25, -0.2) is 4.98 Å². The second-order valence-electron chi connectivity index (χ2n) is 7.74. The van der Waals surface area contributed by atoms with E-state index in [9.17, 15) is 14.0 Å². The van der Waals surface area contributed by atoms with Crippen LogP contribution in [-0.4, -0.2) is 53.6 Å². The lowest BCUT2D eigenvalue weighted by atomic mass is 10.1. The molecule has 2 aromatic rings. The fraction of sp³-hybridized carbons (Fsp3) is 0.409. The van der Waals surface area contributed by atoms with Crippen LogP contribution in [-0.2, 0) is 9.53 Å². The Morgan fingerprint density at radius 3 is 2.76 bits per heavy atom. The first-order valence-corrected chi connectivity index (χ1v) is 11.5. The van der Waals surface area contributed by atoms with Crippen molar-refractivity contribution in [1.82, 2.24) is 4.98 Å². The first-order valence-electron chi connectivity index (χ1n) is 10.3. The summed E-state index contributed by atoms with van der Waals surface area (Å²) in [4.78, 5) is 29.7. The Labute approximate surface area is 204 Å². The zero-order valence-electron chi connectivity index (χ0n) is 17.9. The Bertz CT molecular complexity index is 987. The minimum atomic E-state index is -2.31. The van der Waals surface area contributed by atoms with Crippen molar-refractivity contribution in [2.24, 2.45) is 5.92 Å². The summed E-state index contributed by atoms with van der Waals surface area (Å²) in [5, 5.41) is 9.11. The van der Waals surface area contributed by atoms with Gasteiger partial charge in [-0.1, -0.05) is 0 Å². The number of carboxylic acid groups (broad SMARTS) is 1. The van der Waals surface area contributed by atoms with Gasteiger partial charge in [-0.2, -0.15) is 4.39 Å². The Morgan fingerprint density at radius 1 is 1.39 bits per heavy atom. The molecule has 1 saturated heterocycles. The van der Waals surface area contributed by atoms with Gasteiger partial charge in [0.15, 0.2) is 0 Å². The number of amides is 1. The molecule has 1 amide bonds. The van der Waals surface area contributed by atoms with E-state index in [1.165, 1.54) is 18.3 Å². The van der Waals surface area contributed by atoms with Gasteiger partial charge in [0, 0.05) is 37.8 Å². The predicted octanol–water partition coefficient (Wildman–Crippen LogP) is 4.67. The summed E-state index contributed by atoms with van der Waals surface area (Å²) >= 11 is 8.90. The standard InChI is InChI=1S/C22H24BrClFN3O5/c1-22(24,25)33-17-4-2-16(3-5-17)27-21(31)15-10-18(23)20(26-11-15)28-8-6-14(12-28)13-32-9-7-19(29)30/h2-5,10-11,14H,6-9,12-13H2,1H3,(H,27,31)(H,29,30). The molecule has 1 aliphatic rings. The number of carboxylic acids is 1. The average Bonchev–Trinajstić information content (AvgIpc) is 3.20. The van der Waals surface area contributed by atoms with Crippen molar-refractivity contribution in [3.8, 4) is 5.75 Å². The van der Waals surface area contributed by atoms with Gasteiger partial charge >= 0.3 is 11.3 Å². The molecule has 0 bridgehead atoms. The maximum atomic E-state index is 13.3. The number of anilines is 2. The van der Waals surface area contributed by atoms with Crippen LogP contribution in [0.15, 0.2) is 41.0 Å². The van der Waals surface area contributed by atoms with E-state index in [1.807, 2.05) is 0 Å². The summed E-state index contributed by atoms with van der Waals surface area (Å²) in [6.07, 6.45) is 2.41. The van der Waals surface area contributed by atoms with E-state index in [0.717, 1.165) is 32.3 Å². The number of aromatic nitrogens is 1. The van der Waals surface area contributed by atoms with E-state index >= 15 is 0 Å². The minimum Gasteiger partial charge on any atom is -0.481 e. The second-order valence-corrected chi connectivity index (χ2v) is 9.27. The molecule has 33 heavy (non-hydrogen) atoms. The van der Waals surface area contributed by atoms with Gasteiger partial charge in [0.1, 0.15) is 11.6 Å². The van der Waals surface area contributed by atoms with Gasteiger partial charge in [-0.05, 0) is 64.3 Å². The monoisotopic (exact) mass is 543 g/mol. The molecule has 0 radical (unpaired) electrons. The number of nitrogens with zero attached hydrogens (tertiary/aromatic N) is 2. The number of carbonyl (C=O) groups excluding carboxylic acids is 1. The SMILES string of the molecule is CC(F)(Cl)Oc1ccc(NC(=O)c2cnc(N3CCC(COCCC(=O)O)C3)c(Br)c2)cc1. The van der Waals surface area contributed by atoms with Crippen LogP contribution in [0.2, 0.25) is 0 Å². The van der Waals surface area contributed by atoms with Crippen molar-refractivity contribution in [2.75, 3.05) is 36.5 Å². The molecule has 1 aromatic carbocycles. The molecule has 2 heterocycles. The smallest absolute Gasteiger partial charge is 0.324 e. The topological polar surface area (TPSA) is 101 Å². The normalized spacial score (nSPS) is 17.5. The van der Waals surface area contributed by atoms with Crippen LogP contribution in [0.25, 0.3) is 0 Å². The largest absolute Gasteiger partial charge is 0.481 e. The molecule has 0 aliphatic carbocycles.